The van der Waals surface area contributed by atoms with E-state index in [0.717, 1.165) is 9.77 Å². The van der Waals surface area contributed by atoms with E-state index in [1.54, 1.807) is 31.5 Å². The lowest BCUT2D eigenvalue weighted by Crippen LogP contribution is -2.18. The lowest BCUT2D eigenvalue weighted by atomic mass is 10.2. The number of benzene rings is 2. The maximum Gasteiger partial charge on any atom is 0.304 e. The van der Waals surface area contributed by atoms with Gasteiger partial charge in [-0.2, -0.15) is 0 Å². The Morgan fingerprint density at radius 2 is 1.94 bits per heavy atom. The predicted molar refractivity (Wildman–Crippen MR) is 132 cm³/mol. The van der Waals surface area contributed by atoms with E-state index in [9.17, 15) is 9.59 Å². The number of thiazole rings is 1. The monoisotopic (exact) mass is 502 g/mol. The van der Waals surface area contributed by atoms with Crippen LogP contribution in [-0.2, 0) is 16.1 Å². The third-order valence-electron chi connectivity index (χ3n) is 4.39. The van der Waals surface area contributed by atoms with Gasteiger partial charge in [0.2, 0.25) is 0 Å². The molecule has 0 unspecified atom stereocenters. The minimum Gasteiger partial charge on any atom is -0.489 e. The van der Waals surface area contributed by atoms with Gasteiger partial charge < -0.3 is 19.3 Å². The van der Waals surface area contributed by atoms with Crippen LogP contribution in [0.1, 0.15) is 29.3 Å². The van der Waals surface area contributed by atoms with Crippen LogP contribution in [0.2, 0.25) is 0 Å². The molecule has 1 atom stereocenters. The molecule has 3 aromatic rings. The van der Waals surface area contributed by atoms with Crippen LogP contribution in [0.25, 0.3) is 0 Å². The smallest absolute Gasteiger partial charge is 0.304 e. The van der Waals surface area contributed by atoms with Gasteiger partial charge in [0, 0.05) is 24.5 Å². The number of rotatable bonds is 13. The highest BCUT2D eigenvalue weighted by Crippen LogP contribution is 2.30. The van der Waals surface area contributed by atoms with E-state index in [4.69, 9.17) is 19.3 Å². The number of carboxylic acids is 1. The van der Waals surface area contributed by atoms with Gasteiger partial charge in [-0.1, -0.05) is 41.7 Å². The first-order valence-electron chi connectivity index (χ1n) is 10.5. The van der Waals surface area contributed by atoms with Gasteiger partial charge >= 0.3 is 5.97 Å². The zero-order valence-corrected chi connectivity index (χ0v) is 20.5. The van der Waals surface area contributed by atoms with E-state index in [1.807, 2.05) is 37.3 Å². The molecule has 0 saturated carbocycles. The summed E-state index contributed by atoms with van der Waals surface area (Å²) in [5.74, 6) is 0.222. The van der Waals surface area contributed by atoms with Crippen LogP contribution in [0, 0.1) is 0 Å². The number of methoxy groups -OCH3 is 1. The summed E-state index contributed by atoms with van der Waals surface area (Å²) < 4.78 is 17.8. The highest BCUT2D eigenvalue weighted by atomic mass is 32.2. The minimum atomic E-state index is -0.849. The molecule has 0 radical (unpaired) electrons. The largest absolute Gasteiger partial charge is 0.489 e. The van der Waals surface area contributed by atoms with Crippen LogP contribution >= 0.6 is 23.1 Å². The Bertz CT molecular complexity index is 1090. The van der Waals surface area contributed by atoms with Gasteiger partial charge in [0.1, 0.15) is 24.2 Å². The molecule has 10 heteroatoms. The van der Waals surface area contributed by atoms with Crippen molar-refractivity contribution in [2.45, 2.75) is 30.3 Å². The number of aliphatic carboxylic acids is 1. The quantitative estimate of drug-likeness (QED) is 0.316. The Morgan fingerprint density at radius 3 is 2.68 bits per heavy atom. The van der Waals surface area contributed by atoms with E-state index in [2.05, 4.69) is 10.3 Å². The average Bonchev–Trinajstić information content (AvgIpc) is 3.25. The summed E-state index contributed by atoms with van der Waals surface area (Å²) >= 11 is 2.67. The van der Waals surface area contributed by atoms with Crippen LogP contribution < -0.4 is 14.8 Å². The minimum absolute atomic E-state index is 0.0598. The van der Waals surface area contributed by atoms with Crippen molar-refractivity contribution in [1.29, 1.82) is 0 Å². The molecule has 1 amide bonds. The van der Waals surface area contributed by atoms with Crippen molar-refractivity contribution in [3.05, 3.63) is 65.9 Å². The first-order valence-corrected chi connectivity index (χ1v) is 12.3. The summed E-state index contributed by atoms with van der Waals surface area (Å²) in [7, 11) is 1.60. The number of nitrogens with one attached hydrogen (secondary N) is 1. The lowest BCUT2D eigenvalue weighted by Gasteiger charge is -2.16. The molecule has 0 aliphatic heterocycles. The summed E-state index contributed by atoms with van der Waals surface area (Å²) in [6, 6.07) is 14.8. The fourth-order valence-electron chi connectivity index (χ4n) is 2.89. The molecule has 2 N–H and O–H groups in total. The fraction of sp³-hybridized carbons (Fsp3) is 0.292. The molecule has 1 heterocycles. The maximum absolute atomic E-state index is 13.0. The molecule has 0 fully saturated rings. The Balaban J connectivity index is 1.72. The summed E-state index contributed by atoms with van der Waals surface area (Å²) in [5, 5.41) is 12.0. The van der Waals surface area contributed by atoms with Crippen LogP contribution in [0.15, 0.2) is 58.9 Å². The van der Waals surface area contributed by atoms with Gasteiger partial charge in [-0.3, -0.25) is 14.9 Å². The third-order valence-corrected chi connectivity index (χ3v) is 6.50. The molecule has 0 saturated heterocycles. The van der Waals surface area contributed by atoms with Gasteiger partial charge in [-0.05, 0) is 24.6 Å². The van der Waals surface area contributed by atoms with Gasteiger partial charge in [0.05, 0.1) is 23.4 Å². The van der Waals surface area contributed by atoms with Crippen LogP contribution in [0.5, 0.6) is 11.5 Å². The summed E-state index contributed by atoms with van der Waals surface area (Å²) in [6.07, 6.45) is 1.46. The molecular formula is C24H26N2O6S2. The van der Waals surface area contributed by atoms with Gasteiger partial charge in [0.25, 0.3) is 5.91 Å². The van der Waals surface area contributed by atoms with E-state index in [1.165, 1.54) is 23.1 Å². The van der Waals surface area contributed by atoms with E-state index >= 15 is 0 Å². The molecule has 0 spiro atoms. The number of aromatic nitrogens is 1. The first-order chi connectivity index (χ1) is 16.4. The van der Waals surface area contributed by atoms with Gasteiger partial charge in [-0.15, -0.1) is 11.8 Å². The number of carboxylic acid groups (broad SMARTS) is 1. The van der Waals surface area contributed by atoms with Crippen molar-refractivity contribution < 1.29 is 28.9 Å². The summed E-state index contributed by atoms with van der Waals surface area (Å²) in [6.45, 7) is 2.63. The lowest BCUT2D eigenvalue weighted by molar-refractivity contribution is -0.136. The molecule has 0 aliphatic carbocycles. The normalized spacial score (nSPS) is 11.6. The van der Waals surface area contributed by atoms with Crippen LogP contribution in [0.3, 0.4) is 0 Å². The summed E-state index contributed by atoms with van der Waals surface area (Å²) in [5.41, 5.74) is 1.36. The topological polar surface area (TPSA) is 107 Å². The number of anilines is 1. The van der Waals surface area contributed by atoms with Crippen molar-refractivity contribution in [2.24, 2.45) is 0 Å². The van der Waals surface area contributed by atoms with Crippen molar-refractivity contribution >= 4 is 40.1 Å². The number of carbonyl (C=O) groups excluding carboxylic acids is 1. The Labute approximate surface area is 206 Å². The molecule has 2 aromatic carbocycles. The first kappa shape index (κ1) is 25.5. The van der Waals surface area contributed by atoms with Crippen molar-refractivity contribution in [3.63, 3.8) is 0 Å². The van der Waals surface area contributed by atoms with E-state index in [-0.39, 0.29) is 18.4 Å². The molecular weight excluding hydrogens is 476 g/mol. The Hall–Kier alpha value is -3.08. The molecule has 180 valence electrons. The molecule has 0 bridgehead atoms. The van der Waals surface area contributed by atoms with Crippen LogP contribution in [-0.4, -0.2) is 47.5 Å². The number of ether oxygens (including phenoxy) is 3. The van der Waals surface area contributed by atoms with Crippen molar-refractivity contribution in [2.75, 3.05) is 24.8 Å². The summed E-state index contributed by atoms with van der Waals surface area (Å²) in [4.78, 5) is 27.8. The average molecular weight is 503 g/mol. The second-order valence-electron chi connectivity index (χ2n) is 7.28. The zero-order valence-electron chi connectivity index (χ0n) is 18.9. The highest BCUT2D eigenvalue weighted by Gasteiger charge is 2.15. The number of thioether (sulfide) groups is 1. The van der Waals surface area contributed by atoms with Crippen molar-refractivity contribution in [3.8, 4) is 11.5 Å². The number of carbonyl (C=O) groups is 2. The fourth-order valence-corrected chi connectivity index (χ4v) is 4.76. The number of hydrogen-bond donors (Lipinski definition) is 2. The molecule has 8 nitrogen and oxygen atoms in total. The second-order valence-corrected chi connectivity index (χ2v) is 9.71. The van der Waals surface area contributed by atoms with Crippen LogP contribution in [0.4, 0.5) is 5.13 Å². The molecule has 34 heavy (non-hydrogen) atoms. The molecule has 0 aliphatic rings. The van der Waals surface area contributed by atoms with Gasteiger partial charge in [-0.25, -0.2) is 4.98 Å². The van der Waals surface area contributed by atoms with E-state index in [0.29, 0.717) is 41.2 Å². The second kappa shape index (κ2) is 13.0. The number of nitrogens with zero attached hydrogens (tertiary/aromatic N) is 1. The molecule has 1 aromatic heterocycles. The number of hydrogen-bond acceptors (Lipinski definition) is 8. The SMILES string of the molecule is COC[C@H](C)Oc1cc(OCc2ccccc2)cc(C(=O)Nc2ncc(SCCC(=O)O)s2)c1. The molecule has 3 rings (SSSR count). The standard InChI is InChI=1S/C24H26N2O6S2/c1-16(14-30-2)32-20-11-18(10-19(12-20)31-15-17-6-4-3-5-7-17)23(29)26-24-25-13-22(34-24)33-9-8-21(27)28/h3-7,10-13,16H,8-9,14-15H2,1-2H3,(H,27,28)(H,25,26,29)/t16-/m0/s1. The van der Waals surface area contributed by atoms with Crippen molar-refractivity contribution in [1.82, 2.24) is 4.98 Å². The van der Waals surface area contributed by atoms with Gasteiger partial charge in [0.15, 0.2) is 5.13 Å². The number of amides is 1. The zero-order chi connectivity index (χ0) is 24.3. The predicted octanol–water partition coefficient (Wildman–Crippen LogP) is 4.95. The maximum atomic E-state index is 13.0. The Kier molecular flexibility index (Phi) is 9.75. The highest BCUT2D eigenvalue weighted by molar-refractivity contribution is 8.01. The Morgan fingerprint density at radius 1 is 1.18 bits per heavy atom. The van der Waals surface area contributed by atoms with E-state index < -0.39 is 5.97 Å². The third kappa shape index (κ3) is 8.36.